The maximum Gasteiger partial charge on any atom is 0.408 e. The van der Waals surface area contributed by atoms with Crippen LogP contribution in [0.4, 0.5) is 4.79 Å². The van der Waals surface area contributed by atoms with Crippen LogP contribution in [-0.2, 0) is 4.74 Å². The van der Waals surface area contributed by atoms with Gasteiger partial charge in [-0.2, -0.15) is 0 Å². The highest BCUT2D eigenvalue weighted by atomic mass is 16.6. The molecule has 3 heteroatoms. The first-order valence-corrected chi connectivity index (χ1v) is 4.11. The van der Waals surface area contributed by atoms with Crippen LogP contribution < -0.4 is 5.32 Å². The smallest absolute Gasteiger partial charge is 0.408 e. The highest BCUT2D eigenvalue weighted by Gasteiger charge is 2.20. The molecule has 0 aliphatic carbocycles. The number of hydrogen-bond acceptors (Lipinski definition) is 2. The van der Waals surface area contributed by atoms with Gasteiger partial charge in [0.05, 0.1) is 0 Å². The lowest BCUT2D eigenvalue weighted by Crippen LogP contribution is -2.43. The zero-order valence-corrected chi connectivity index (χ0v) is 8.82. The minimum Gasteiger partial charge on any atom is -0.444 e. The first-order valence-electron chi connectivity index (χ1n) is 4.11. The number of carbonyl (C=O) groups is 1. The third kappa shape index (κ3) is 7.38. The summed E-state index contributed by atoms with van der Waals surface area (Å²) in [6, 6.07) is 0. The van der Waals surface area contributed by atoms with Gasteiger partial charge in [0.25, 0.3) is 0 Å². The summed E-state index contributed by atoms with van der Waals surface area (Å²) in [4.78, 5) is 11.1. The van der Waals surface area contributed by atoms with Gasteiger partial charge in [0.2, 0.25) is 0 Å². The standard InChI is InChI=1S/C9H19NO2/c1-8(2,3)10-7(11)12-9(4,5)6/h1-6H3,(H,10,11). The Morgan fingerprint density at radius 2 is 1.50 bits per heavy atom. The van der Waals surface area contributed by atoms with Crippen molar-refractivity contribution in [2.45, 2.75) is 52.7 Å². The maximum atomic E-state index is 11.1. The Morgan fingerprint density at radius 1 is 1.08 bits per heavy atom. The van der Waals surface area contributed by atoms with Crippen molar-refractivity contribution in [2.75, 3.05) is 0 Å². The normalized spacial score (nSPS) is 12.5. The summed E-state index contributed by atoms with van der Waals surface area (Å²) in [5, 5.41) is 2.71. The van der Waals surface area contributed by atoms with Crippen LogP contribution in [-0.4, -0.2) is 17.2 Å². The number of nitrogens with one attached hydrogen (secondary N) is 1. The Balaban J connectivity index is 3.92. The van der Waals surface area contributed by atoms with E-state index in [2.05, 4.69) is 5.32 Å². The van der Waals surface area contributed by atoms with Gasteiger partial charge in [0.1, 0.15) is 5.60 Å². The second kappa shape index (κ2) is 3.33. The molecule has 0 radical (unpaired) electrons. The third-order valence-electron chi connectivity index (χ3n) is 0.876. The molecule has 0 unspecified atom stereocenters. The van der Waals surface area contributed by atoms with E-state index >= 15 is 0 Å². The monoisotopic (exact) mass is 173 g/mol. The van der Waals surface area contributed by atoms with Gasteiger partial charge in [0.15, 0.2) is 0 Å². The number of hydrogen-bond donors (Lipinski definition) is 1. The first kappa shape index (κ1) is 11.3. The fourth-order valence-corrected chi connectivity index (χ4v) is 0.610. The van der Waals surface area contributed by atoms with Gasteiger partial charge in [0, 0.05) is 5.54 Å². The molecule has 12 heavy (non-hydrogen) atoms. The Bertz CT molecular complexity index is 144. The van der Waals surface area contributed by atoms with Gasteiger partial charge in [-0.15, -0.1) is 0 Å². The lowest BCUT2D eigenvalue weighted by atomic mass is 10.1. The van der Waals surface area contributed by atoms with Crippen molar-refractivity contribution in [1.29, 1.82) is 0 Å². The molecule has 0 bridgehead atoms. The molecule has 0 heterocycles. The Kier molecular flexibility index (Phi) is 3.13. The highest BCUT2D eigenvalue weighted by molar-refractivity contribution is 5.68. The lowest BCUT2D eigenvalue weighted by molar-refractivity contribution is 0.0480. The summed E-state index contributed by atoms with van der Waals surface area (Å²) in [5.74, 6) is 0. The van der Waals surface area contributed by atoms with Crippen molar-refractivity contribution < 1.29 is 9.53 Å². The lowest BCUT2D eigenvalue weighted by Gasteiger charge is -2.25. The van der Waals surface area contributed by atoms with Crippen molar-refractivity contribution in [3.63, 3.8) is 0 Å². The second-order valence-corrected chi connectivity index (χ2v) is 4.88. The Hall–Kier alpha value is -0.730. The maximum absolute atomic E-state index is 11.1. The van der Waals surface area contributed by atoms with E-state index in [1.807, 2.05) is 41.5 Å². The van der Waals surface area contributed by atoms with Crippen molar-refractivity contribution in [3.05, 3.63) is 0 Å². The zero-order valence-electron chi connectivity index (χ0n) is 8.82. The predicted octanol–water partition coefficient (Wildman–Crippen LogP) is 2.31. The van der Waals surface area contributed by atoms with Gasteiger partial charge in [-0.05, 0) is 41.5 Å². The van der Waals surface area contributed by atoms with E-state index in [4.69, 9.17) is 4.74 Å². The second-order valence-electron chi connectivity index (χ2n) is 4.88. The van der Waals surface area contributed by atoms with Gasteiger partial charge < -0.3 is 10.1 Å². The average molecular weight is 173 g/mol. The van der Waals surface area contributed by atoms with Crippen molar-refractivity contribution in [3.8, 4) is 0 Å². The molecule has 0 saturated heterocycles. The number of ether oxygens (including phenoxy) is 1. The molecule has 0 fully saturated rings. The van der Waals surface area contributed by atoms with E-state index in [1.54, 1.807) is 0 Å². The summed E-state index contributed by atoms with van der Waals surface area (Å²) in [7, 11) is 0. The van der Waals surface area contributed by atoms with Crippen LogP contribution in [0.1, 0.15) is 41.5 Å². The van der Waals surface area contributed by atoms with Gasteiger partial charge in [-0.25, -0.2) is 4.79 Å². The Labute approximate surface area is 74.5 Å². The van der Waals surface area contributed by atoms with Crippen LogP contribution in [0.2, 0.25) is 0 Å². The van der Waals surface area contributed by atoms with E-state index in [-0.39, 0.29) is 11.6 Å². The number of amides is 1. The van der Waals surface area contributed by atoms with E-state index in [1.165, 1.54) is 0 Å². The van der Waals surface area contributed by atoms with Gasteiger partial charge in [-0.3, -0.25) is 0 Å². The molecule has 0 rings (SSSR count). The molecule has 0 aromatic heterocycles. The SMILES string of the molecule is CC(C)(C)NC(=O)OC(C)(C)C. The van der Waals surface area contributed by atoms with Crippen LogP contribution >= 0.6 is 0 Å². The van der Waals surface area contributed by atoms with Crippen molar-refractivity contribution in [1.82, 2.24) is 5.32 Å². The quantitative estimate of drug-likeness (QED) is 0.610. The molecule has 0 atom stereocenters. The molecule has 3 nitrogen and oxygen atoms in total. The Morgan fingerprint density at radius 3 is 1.75 bits per heavy atom. The molecule has 1 N–H and O–H groups in total. The summed E-state index contributed by atoms with van der Waals surface area (Å²) < 4.78 is 5.06. The van der Waals surface area contributed by atoms with Crippen LogP contribution in [0.5, 0.6) is 0 Å². The summed E-state index contributed by atoms with van der Waals surface area (Å²) >= 11 is 0. The van der Waals surface area contributed by atoms with Crippen LogP contribution in [0.15, 0.2) is 0 Å². The largest absolute Gasteiger partial charge is 0.444 e. The highest BCUT2D eigenvalue weighted by Crippen LogP contribution is 2.08. The molecule has 0 saturated carbocycles. The fraction of sp³-hybridized carbons (Fsp3) is 0.889. The summed E-state index contributed by atoms with van der Waals surface area (Å²) in [6.45, 7) is 11.3. The molecule has 0 aliphatic heterocycles. The zero-order chi connectivity index (χ0) is 9.99. The van der Waals surface area contributed by atoms with Gasteiger partial charge in [-0.1, -0.05) is 0 Å². The predicted molar refractivity (Wildman–Crippen MR) is 49.1 cm³/mol. The molecular weight excluding hydrogens is 154 g/mol. The number of carbonyl (C=O) groups excluding carboxylic acids is 1. The summed E-state index contributed by atoms with van der Waals surface area (Å²) in [5.41, 5.74) is -0.655. The number of rotatable bonds is 0. The first-order chi connectivity index (χ1) is 5.10. The van der Waals surface area contributed by atoms with Crippen LogP contribution in [0.25, 0.3) is 0 Å². The molecule has 72 valence electrons. The fourth-order valence-electron chi connectivity index (χ4n) is 0.610. The molecule has 1 amide bonds. The topological polar surface area (TPSA) is 38.3 Å². The van der Waals surface area contributed by atoms with Gasteiger partial charge >= 0.3 is 6.09 Å². The minimum atomic E-state index is -0.421. The van der Waals surface area contributed by atoms with Crippen molar-refractivity contribution in [2.24, 2.45) is 0 Å². The van der Waals surface area contributed by atoms with Crippen LogP contribution in [0, 0.1) is 0 Å². The summed E-state index contributed by atoms with van der Waals surface area (Å²) in [6.07, 6.45) is -0.366. The van der Waals surface area contributed by atoms with Crippen LogP contribution in [0.3, 0.4) is 0 Å². The molecule has 0 spiro atoms. The molecule has 0 aliphatic rings. The van der Waals surface area contributed by atoms with E-state index < -0.39 is 5.60 Å². The molecule has 0 aromatic rings. The minimum absolute atomic E-state index is 0.234. The van der Waals surface area contributed by atoms with Crippen molar-refractivity contribution >= 4 is 6.09 Å². The number of alkyl carbamates (subject to hydrolysis) is 1. The third-order valence-corrected chi connectivity index (χ3v) is 0.876. The average Bonchev–Trinajstić information content (AvgIpc) is 1.49. The molecule has 0 aromatic carbocycles. The van der Waals surface area contributed by atoms with E-state index in [0.29, 0.717) is 0 Å². The molecular formula is C9H19NO2. The van der Waals surface area contributed by atoms with E-state index in [9.17, 15) is 4.79 Å². The van der Waals surface area contributed by atoms with E-state index in [0.717, 1.165) is 0 Å².